The van der Waals surface area contributed by atoms with Gasteiger partial charge in [0, 0.05) is 20.1 Å². The van der Waals surface area contributed by atoms with Crippen LogP contribution in [0.5, 0.6) is 0 Å². The summed E-state index contributed by atoms with van der Waals surface area (Å²) in [6.45, 7) is 3.16. The Morgan fingerprint density at radius 1 is 1.04 bits per heavy atom. The summed E-state index contributed by atoms with van der Waals surface area (Å²) >= 11 is 0. The van der Waals surface area contributed by atoms with E-state index in [0.29, 0.717) is 19.0 Å². The average Bonchev–Trinajstić information content (AvgIpc) is 2.69. The normalized spacial score (nSPS) is 15.8. The number of hydrogen-bond donors (Lipinski definition) is 0. The van der Waals surface area contributed by atoms with E-state index >= 15 is 0 Å². The van der Waals surface area contributed by atoms with Gasteiger partial charge in [0.25, 0.3) is 0 Å². The van der Waals surface area contributed by atoms with Crippen LogP contribution in [-0.4, -0.2) is 50.2 Å². The highest BCUT2D eigenvalue weighted by molar-refractivity contribution is 7.89. The summed E-state index contributed by atoms with van der Waals surface area (Å²) in [5.41, 5.74) is 2.33. The quantitative estimate of drug-likeness (QED) is 0.749. The molecular formula is C22H28N2O3S. The van der Waals surface area contributed by atoms with Crippen molar-refractivity contribution in [3.05, 3.63) is 65.7 Å². The van der Waals surface area contributed by atoms with Crippen molar-refractivity contribution in [3.8, 4) is 0 Å². The number of aryl methyl sites for hydroxylation is 1. The van der Waals surface area contributed by atoms with Crippen LogP contribution in [0.15, 0.2) is 59.5 Å². The van der Waals surface area contributed by atoms with Crippen LogP contribution in [-0.2, 0) is 21.2 Å². The maximum atomic E-state index is 12.7. The lowest BCUT2D eigenvalue weighted by molar-refractivity contribution is -0.132. The topological polar surface area (TPSA) is 57.7 Å². The predicted octanol–water partition coefficient (Wildman–Crippen LogP) is 3.10. The molecule has 2 aromatic rings. The van der Waals surface area contributed by atoms with Gasteiger partial charge >= 0.3 is 0 Å². The molecule has 1 aliphatic rings. The van der Waals surface area contributed by atoms with E-state index in [2.05, 4.69) is 24.3 Å². The summed E-state index contributed by atoms with van der Waals surface area (Å²) < 4.78 is 26.5. The second-order valence-corrected chi connectivity index (χ2v) is 9.63. The highest BCUT2D eigenvalue weighted by Gasteiger charge is 2.27. The summed E-state index contributed by atoms with van der Waals surface area (Å²) in [5.74, 6) is 0.441. The van der Waals surface area contributed by atoms with Crippen LogP contribution in [0.2, 0.25) is 0 Å². The molecule has 2 aromatic carbocycles. The SMILES string of the molecule is Cc1ccc(S(=O)(=O)N(C)CC(=O)N2CCC(Cc3ccccc3)CC2)cc1. The van der Waals surface area contributed by atoms with Crippen LogP contribution in [0.3, 0.4) is 0 Å². The van der Waals surface area contributed by atoms with E-state index in [1.165, 1.54) is 12.6 Å². The predicted molar refractivity (Wildman–Crippen MR) is 110 cm³/mol. The van der Waals surface area contributed by atoms with Gasteiger partial charge in [-0.05, 0) is 49.8 Å². The number of benzene rings is 2. The molecule has 3 rings (SSSR count). The first kappa shape index (κ1) is 20.6. The zero-order valence-electron chi connectivity index (χ0n) is 16.5. The molecule has 1 heterocycles. The van der Waals surface area contributed by atoms with Gasteiger partial charge in [-0.25, -0.2) is 8.42 Å². The van der Waals surface area contributed by atoms with Gasteiger partial charge in [-0.2, -0.15) is 4.31 Å². The van der Waals surface area contributed by atoms with E-state index in [1.54, 1.807) is 29.2 Å². The molecule has 28 heavy (non-hydrogen) atoms. The number of nitrogens with zero attached hydrogens (tertiary/aromatic N) is 2. The maximum Gasteiger partial charge on any atom is 0.243 e. The molecule has 1 saturated heterocycles. The fourth-order valence-electron chi connectivity index (χ4n) is 3.60. The third-order valence-electron chi connectivity index (χ3n) is 5.42. The van der Waals surface area contributed by atoms with Crippen molar-refractivity contribution in [1.29, 1.82) is 0 Å². The van der Waals surface area contributed by atoms with E-state index < -0.39 is 10.0 Å². The molecule has 0 unspecified atom stereocenters. The Labute approximate surface area is 168 Å². The Hall–Kier alpha value is -2.18. The van der Waals surface area contributed by atoms with Crippen LogP contribution in [0, 0.1) is 12.8 Å². The molecular weight excluding hydrogens is 372 g/mol. The number of amides is 1. The second-order valence-electron chi connectivity index (χ2n) is 7.59. The van der Waals surface area contributed by atoms with Gasteiger partial charge in [-0.15, -0.1) is 0 Å². The highest BCUT2D eigenvalue weighted by Crippen LogP contribution is 2.22. The van der Waals surface area contributed by atoms with Crippen LogP contribution in [0.25, 0.3) is 0 Å². The second kappa shape index (κ2) is 8.88. The molecule has 6 heteroatoms. The van der Waals surface area contributed by atoms with Crippen molar-refractivity contribution in [1.82, 2.24) is 9.21 Å². The first-order valence-corrected chi connectivity index (χ1v) is 11.1. The standard InChI is InChI=1S/C22H28N2O3S/c1-18-8-10-21(11-9-18)28(26,27)23(2)17-22(25)24-14-12-20(13-15-24)16-19-6-4-3-5-7-19/h3-11,20H,12-17H2,1-2H3. The van der Waals surface area contributed by atoms with Gasteiger partial charge in [-0.1, -0.05) is 48.0 Å². The maximum absolute atomic E-state index is 12.7. The number of piperidine rings is 1. The minimum Gasteiger partial charge on any atom is -0.342 e. The summed E-state index contributed by atoms with van der Waals surface area (Å²) in [6, 6.07) is 17.1. The minimum atomic E-state index is -3.66. The fraction of sp³-hybridized carbons (Fsp3) is 0.409. The number of carbonyl (C=O) groups excluding carboxylic acids is 1. The lowest BCUT2D eigenvalue weighted by atomic mass is 9.90. The lowest BCUT2D eigenvalue weighted by Crippen LogP contribution is -2.44. The van der Waals surface area contributed by atoms with Crippen molar-refractivity contribution in [2.24, 2.45) is 5.92 Å². The van der Waals surface area contributed by atoms with Crippen LogP contribution in [0.1, 0.15) is 24.0 Å². The van der Waals surface area contributed by atoms with E-state index in [-0.39, 0.29) is 17.3 Å². The molecule has 0 bridgehead atoms. The van der Waals surface area contributed by atoms with Gasteiger partial charge in [-0.3, -0.25) is 4.79 Å². The van der Waals surface area contributed by atoms with Crippen molar-refractivity contribution in [2.45, 2.75) is 31.1 Å². The van der Waals surface area contributed by atoms with Gasteiger partial charge in [0.2, 0.25) is 15.9 Å². The molecule has 0 atom stereocenters. The van der Waals surface area contributed by atoms with Crippen LogP contribution >= 0.6 is 0 Å². The third kappa shape index (κ3) is 5.00. The molecule has 5 nitrogen and oxygen atoms in total. The van der Waals surface area contributed by atoms with E-state index in [9.17, 15) is 13.2 Å². The molecule has 0 aromatic heterocycles. The lowest BCUT2D eigenvalue weighted by Gasteiger charge is -2.33. The van der Waals surface area contributed by atoms with Gasteiger partial charge < -0.3 is 4.90 Å². The van der Waals surface area contributed by atoms with E-state index in [4.69, 9.17) is 0 Å². The summed E-state index contributed by atoms with van der Waals surface area (Å²) in [5, 5.41) is 0. The van der Waals surface area contributed by atoms with Gasteiger partial charge in [0.15, 0.2) is 0 Å². The Bertz CT molecular complexity index is 887. The van der Waals surface area contributed by atoms with Crippen molar-refractivity contribution >= 4 is 15.9 Å². The first-order chi connectivity index (χ1) is 13.4. The Balaban J connectivity index is 1.53. The Kier molecular flexibility index (Phi) is 6.52. The van der Waals surface area contributed by atoms with Crippen molar-refractivity contribution in [2.75, 3.05) is 26.7 Å². The third-order valence-corrected chi connectivity index (χ3v) is 7.24. The van der Waals surface area contributed by atoms with E-state index in [0.717, 1.165) is 29.1 Å². The molecule has 1 aliphatic heterocycles. The fourth-order valence-corrected chi connectivity index (χ4v) is 4.72. The van der Waals surface area contributed by atoms with Gasteiger partial charge in [0.1, 0.15) is 0 Å². The molecule has 0 spiro atoms. The summed E-state index contributed by atoms with van der Waals surface area (Å²) in [4.78, 5) is 14.6. The van der Waals surface area contributed by atoms with Crippen LogP contribution in [0.4, 0.5) is 0 Å². The zero-order chi connectivity index (χ0) is 20.1. The number of rotatable bonds is 6. The number of likely N-dealkylation sites (tertiary alicyclic amines) is 1. The number of carbonyl (C=O) groups is 1. The zero-order valence-corrected chi connectivity index (χ0v) is 17.4. The summed E-state index contributed by atoms with van der Waals surface area (Å²) in [7, 11) is -2.19. The Morgan fingerprint density at radius 2 is 1.64 bits per heavy atom. The molecule has 0 aliphatic carbocycles. The number of sulfonamides is 1. The van der Waals surface area contributed by atoms with Crippen molar-refractivity contribution < 1.29 is 13.2 Å². The highest BCUT2D eigenvalue weighted by atomic mass is 32.2. The molecule has 0 N–H and O–H groups in total. The molecule has 0 radical (unpaired) electrons. The van der Waals surface area contributed by atoms with Crippen molar-refractivity contribution in [3.63, 3.8) is 0 Å². The van der Waals surface area contributed by atoms with E-state index in [1.807, 2.05) is 13.0 Å². The molecule has 150 valence electrons. The average molecular weight is 401 g/mol. The smallest absolute Gasteiger partial charge is 0.243 e. The molecule has 1 amide bonds. The van der Waals surface area contributed by atoms with Crippen LogP contribution < -0.4 is 0 Å². The number of hydrogen-bond acceptors (Lipinski definition) is 3. The molecule has 1 fully saturated rings. The summed E-state index contributed by atoms with van der Waals surface area (Å²) in [6.07, 6.45) is 2.94. The Morgan fingerprint density at radius 3 is 2.25 bits per heavy atom. The number of likely N-dealkylation sites (N-methyl/N-ethyl adjacent to an activating group) is 1. The largest absolute Gasteiger partial charge is 0.342 e. The minimum absolute atomic E-state index is 0.125. The molecule has 0 saturated carbocycles. The van der Waals surface area contributed by atoms with Gasteiger partial charge in [0.05, 0.1) is 11.4 Å². The monoisotopic (exact) mass is 400 g/mol. The first-order valence-electron chi connectivity index (χ1n) is 9.71.